The van der Waals surface area contributed by atoms with Gasteiger partial charge >= 0.3 is 0 Å². The van der Waals surface area contributed by atoms with Crippen LogP contribution in [0.25, 0.3) is 0 Å². The minimum atomic E-state index is -0.0723. The highest BCUT2D eigenvalue weighted by molar-refractivity contribution is 5.94. The number of nitrogens with zero attached hydrogens (tertiary/aromatic N) is 1. The SMILES string of the molecule is CCCNC(=O)c1cncc(NC(C)(C)C)c1. The minimum absolute atomic E-state index is 0.0415. The van der Waals surface area contributed by atoms with Crippen molar-refractivity contribution in [2.45, 2.75) is 39.7 Å². The van der Waals surface area contributed by atoms with E-state index in [0.717, 1.165) is 12.1 Å². The first-order valence-electron chi connectivity index (χ1n) is 5.94. The maximum absolute atomic E-state index is 11.7. The molecule has 0 fully saturated rings. The van der Waals surface area contributed by atoms with E-state index < -0.39 is 0 Å². The normalized spacial score (nSPS) is 11.1. The third-order valence-corrected chi connectivity index (χ3v) is 2.06. The van der Waals surface area contributed by atoms with E-state index in [2.05, 4.69) is 36.4 Å². The predicted molar refractivity (Wildman–Crippen MR) is 70.2 cm³/mol. The number of hydrogen-bond donors (Lipinski definition) is 2. The van der Waals surface area contributed by atoms with Crippen molar-refractivity contribution in [1.82, 2.24) is 10.3 Å². The molecular weight excluding hydrogens is 214 g/mol. The lowest BCUT2D eigenvalue weighted by Gasteiger charge is -2.22. The number of nitrogens with one attached hydrogen (secondary N) is 2. The third kappa shape index (κ3) is 4.85. The van der Waals surface area contributed by atoms with Crippen molar-refractivity contribution < 1.29 is 4.79 Å². The van der Waals surface area contributed by atoms with E-state index in [0.29, 0.717) is 12.1 Å². The molecule has 1 aromatic rings. The van der Waals surface area contributed by atoms with Gasteiger partial charge in [0.15, 0.2) is 0 Å². The van der Waals surface area contributed by atoms with Crippen molar-refractivity contribution in [3.8, 4) is 0 Å². The lowest BCUT2D eigenvalue weighted by Crippen LogP contribution is -2.27. The molecule has 1 rings (SSSR count). The van der Waals surface area contributed by atoms with E-state index >= 15 is 0 Å². The van der Waals surface area contributed by atoms with Gasteiger partial charge in [-0.2, -0.15) is 0 Å². The highest BCUT2D eigenvalue weighted by atomic mass is 16.1. The fourth-order valence-electron chi connectivity index (χ4n) is 1.41. The predicted octanol–water partition coefficient (Wildman–Crippen LogP) is 2.43. The molecule has 17 heavy (non-hydrogen) atoms. The molecule has 0 bridgehead atoms. The van der Waals surface area contributed by atoms with Crippen molar-refractivity contribution in [1.29, 1.82) is 0 Å². The van der Waals surface area contributed by atoms with Crippen LogP contribution in [-0.2, 0) is 0 Å². The second-order valence-electron chi connectivity index (χ2n) is 5.09. The Morgan fingerprint density at radius 1 is 1.35 bits per heavy atom. The number of amides is 1. The van der Waals surface area contributed by atoms with Crippen LogP contribution in [0.4, 0.5) is 5.69 Å². The zero-order valence-electron chi connectivity index (χ0n) is 11.0. The third-order valence-electron chi connectivity index (χ3n) is 2.06. The molecule has 0 aliphatic carbocycles. The summed E-state index contributed by atoms with van der Waals surface area (Å²) in [6.07, 6.45) is 4.24. The first-order valence-corrected chi connectivity index (χ1v) is 5.94. The van der Waals surface area contributed by atoms with Crippen molar-refractivity contribution >= 4 is 11.6 Å². The number of hydrogen-bond acceptors (Lipinski definition) is 3. The summed E-state index contributed by atoms with van der Waals surface area (Å²) in [7, 11) is 0. The molecule has 0 saturated carbocycles. The topological polar surface area (TPSA) is 54.0 Å². The van der Waals surface area contributed by atoms with E-state index in [4.69, 9.17) is 0 Å². The van der Waals surface area contributed by atoms with Gasteiger partial charge < -0.3 is 10.6 Å². The first kappa shape index (κ1) is 13.5. The minimum Gasteiger partial charge on any atom is -0.379 e. The van der Waals surface area contributed by atoms with Gasteiger partial charge in [0.1, 0.15) is 0 Å². The van der Waals surface area contributed by atoms with Crippen LogP contribution in [0.15, 0.2) is 18.5 Å². The van der Waals surface area contributed by atoms with Crippen LogP contribution < -0.4 is 10.6 Å². The van der Waals surface area contributed by atoms with Crippen molar-refractivity contribution in [2.75, 3.05) is 11.9 Å². The Labute approximate surface area is 103 Å². The largest absolute Gasteiger partial charge is 0.379 e. The second kappa shape index (κ2) is 5.66. The van der Waals surface area contributed by atoms with Gasteiger partial charge in [-0.05, 0) is 33.3 Å². The van der Waals surface area contributed by atoms with E-state index in [1.165, 1.54) is 0 Å². The van der Waals surface area contributed by atoms with Crippen LogP contribution in [0.3, 0.4) is 0 Å². The van der Waals surface area contributed by atoms with Gasteiger partial charge in [0.2, 0.25) is 0 Å². The molecule has 0 saturated heterocycles. The van der Waals surface area contributed by atoms with Crippen molar-refractivity contribution in [2.24, 2.45) is 0 Å². The van der Waals surface area contributed by atoms with E-state index in [1.54, 1.807) is 12.4 Å². The highest BCUT2D eigenvalue weighted by Gasteiger charge is 2.11. The fraction of sp³-hybridized carbons (Fsp3) is 0.538. The van der Waals surface area contributed by atoms with Crippen molar-refractivity contribution in [3.63, 3.8) is 0 Å². The number of rotatable bonds is 4. The molecular formula is C13H21N3O. The Kier molecular flexibility index (Phi) is 4.49. The Balaban J connectivity index is 2.75. The van der Waals surface area contributed by atoms with Crippen molar-refractivity contribution in [3.05, 3.63) is 24.0 Å². The highest BCUT2D eigenvalue weighted by Crippen LogP contribution is 2.14. The number of pyridine rings is 1. The molecule has 1 heterocycles. The molecule has 4 heteroatoms. The quantitative estimate of drug-likeness (QED) is 0.842. The summed E-state index contributed by atoms with van der Waals surface area (Å²) in [5.41, 5.74) is 1.41. The Morgan fingerprint density at radius 3 is 2.65 bits per heavy atom. The van der Waals surface area contributed by atoms with Crippen LogP contribution >= 0.6 is 0 Å². The lowest BCUT2D eigenvalue weighted by molar-refractivity contribution is 0.0953. The molecule has 0 aliphatic heterocycles. The monoisotopic (exact) mass is 235 g/mol. The van der Waals surface area contributed by atoms with Crippen LogP contribution in [0, 0.1) is 0 Å². The average molecular weight is 235 g/mol. The van der Waals surface area contributed by atoms with Gasteiger partial charge in [0.05, 0.1) is 11.3 Å². The zero-order valence-corrected chi connectivity index (χ0v) is 11.0. The van der Waals surface area contributed by atoms with Gasteiger partial charge in [0.25, 0.3) is 5.91 Å². The number of aromatic nitrogens is 1. The summed E-state index contributed by atoms with van der Waals surface area (Å²) in [6.45, 7) is 8.91. The molecule has 4 nitrogen and oxygen atoms in total. The molecule has 0 unspecified atom stereocenters. The summed E-state index contributed by atoms with van der Waals surface area (Å²) < 4.78 is 0. The van der Waals surface area contributed by atoms with Gasteiger partial charge in [-0.25, -0.2) is 0 Å². The standard InChI is InChI=1S/C13H21N3O/c1-5-6-15-12(17)10-7-11(9-14-8-10)16-13(2,3)4/h7-9,16H,5-6H2,1-4H3,(H,15,17). The lowest BCUT2D eigenvalue weighted by atomic mass is 10.1. The van der Waals surface area contributed by atoms with Gasteiger partial charge in [-0.3, -0.25) is 9.78 Å². The molecule has 0 aliphatic rings. The fourth-order valence-corrected chi connectivity index (χ4v) is 1.41. The molecule has 1 amide bonds. The molecule has 2 N–H and O–H groups in total. The van der Waals surface area contributed by atoms with Crippen LogP contribution in [0.2, 0.25) is 0 Å². The van der Waals surface area contributed by atoms with E-state index in [1.807, 2.05) is 13.0 Å². The van der Waals surface area contributed by atoms with Crippen LogP contribution in [0.1, 0.15) is 44.5 Å². The average Bonchev–Trinajstić information content (AvgIpc) is 2.24. The molecule has 0 atom stereocenters. The summed E-state index contributed by atoms with van der Waals surface area (Å²) in [6, 6.07) is 1.82. The van der Waals surface area contributed by atoms with Gasteiger partial charge in [0, 0.05) is 24.5 Å². The Morgan fingerprint density at radius 2 is 2.06 bits per heavy atom. The molecule has 0 spiro atoms. The number of carbonyl (C=O) groups excluding carboxylic acids is 1. The molecule has 0 aromatic carbocycles. The second-order valence-corrected chi connectivity index (χ2v) is 5.09. The Hall–Kier alpha value is -1.58. The van der Waals surface area contributed by atoms with Crippen LogP contribution in [-0.4, -0.2) is 23.0 Å². The van der Waals surface area contributed by atoms with Gasteiger partial charge in [-0.15, -0.1) is 0 Å². The zero-order chi connectivity index (χ0) is 12.9. The van der Waals surface area contributed by atoms with Crippen LogP contribution in [0.5, 0.6) is 0 Å². The smallest absolute Gasteiger partial charge is 0.252 e. The summed E-state index contributed by atoms with van der Waals surface area (Å²) in [4.78, 5) is 15.8. The molecule has 94 valence electrons. The number of carbonyl (C=O) groups is 1. The first-order chi connectivity index (χ1) is 7.92. The maximum atomic E-state index is 11.7. The van der Waals surface area contributed by atoms with E-state index in [-0.39, 0.29) is 11.4 Å². The van der Waals surface area contributed by atoms with Gasteiger partial charge in [-0.1, -0.05) is 6.92 Å². The number of anilines is 1. The Bertz CT molecular complexity index is 382. The molecule has 1 aromatic heterocycles. The summed E-state index contributed by atoms with van der Waals surface area (Å²) in [5, 5.41) is 6.12. The molecule has 0 radical (unpaired) electrons. The summed E-state index contributed by atoms with van der Waals surface area (Å²) >= 11 is 0. The maximum Gasteiger partial charge on any atom is 0.252 e. The summed E-state index contributed by atoms with van der Waals surface area (Å²) in [5.74, 6) is -0.0723. The van der Waals surface area contributed by atoms with E-state index in [9.17, 15) is 4.79 Å².